The second-order valence-electron chi connectivity index (χ2n) is 4.56. The zero-order chi connectivity index (χ0) is 13.8. The SMILES string of the molecule is COC(=O)c1ccc(OC2CCC(O)C2)c(OC)c1. The molecular weight excluding hydrogens is 248 g/mol. The van der Waals surface area contributed by atoms with Crippen LogP contribution < -0.4 is 9.47 Å². The summed E-state index contributed by atoms with van der Waals surface area (Å²) in [5.74, 6) is 0.652. The lowest BCUT2D eigenvalue weighted by molar-refractivity contribution is 0.0600. The van der Waals surface area contributed by atoms with Crippen molar-refractivity contribution in [2.45, 2.75) is 31.5 Å². The average molecular weight is 266 g/mol. The molecule has 1 aromatic carbocycles. The van der Waals surface area contributed by atoms with Crippen LogP contribution in [0.15, 0.2) is 18.2 Å². The van der Waals surface area contributed by atoms with Gasteiger partial charge in [0, 0.05) is 6.42 Å². The Labute approximate surface area is 112 Å². The lowest BCUT2D eigenvalue weighted by atomic mass is 10.2. The predicted octanol–water partition coefficient (Wildman–Crippen LogP) is 1.77. The maximum atomic E-state index is 11.4. The fraction of sp³-hybridized carbons (Fsp3) is 0.500. The van der Waals surface area contributed by atoms with Gasteiger partial charge in [0.1, 0.15) is 6.10 Å². The van der Waals surface area contributed by atoms with Gasteiger partial charge in [0.2, 0.25) is 0 Å². The molecule has 1 N–H and O–H groups in total. The van der Waals surface area contributed by atoms with E-state index >= 15 is 0 Å². The maximum Gasteiger partial charge on any atom is 0.337 e. The van der Waals surface area contributed by atoms with E-state index in [1.165, 1.54) is 14.2 Å². The van der Waals surface area contributed by atoms with Gasteiger partial charge >= 0.3 is 5.97 Å². The van der Waals surface area contributed by atoms with Gasteiger partial charge in [-0.2, -0.15) is 0 Å². The Morgan fingerprint density at radius 2 is 2.05 bits per heavy atom. The van der Waals surface area contributed by atoms with Gasteiger partial charge in [0.15, 0.2) is 11.5 Å². The third kappa shape index (κ3) is 3.17. The summed E-state index contributed by atoms with van der Waals surface area (Å²) >= 11 is 0. The van der Waals surface area contributed by atoms with Crippen LogP contribution in [0.4, 0.5) is 0 Å². The van der Waals surface area contributed by atoms with Gasteiger partial charge < -0.3 is 19.3 Å². The van der Waals surface area contributed by atoms with Gasteiger partial charge in [-0.05, 0) is 31.0 Å². The Morgan fingerprint density at radius 1 is 1.26 bits per heavy atom. The number of benzene rings is 1. The highest BCUT2D eigenvalue weighted by Crippen LogP contribution is 2.32. The van der Waals surface area contributed by atoms with Crippen LogP contribution in [0, 0.1) is 0 Å². The van der Waals surface area contributed by atoms with Crippen LogP contribution >= 0.6 is 0 Å². The molecule has 0 aliphatic heterocycles. The first kappa shape index (κ1) is 13.7. The Balaban J connectivity index is 2.14. The molecule has 0 amide bonds. The van der Waals surface area contributed by atoms with Gasteiger partial charge in [0.25, 0.3) is 0 Å². The molecule has 2 unspecified atom stereocenters. The Kier molecular flexibility index (Phi) is 4.27. The first-order valence-corrected chi connectivity index (χ1v) is 6.25. The average Bonchev–Trinajstić information content (AvgIpc) is 2.83. The number of carbonyl (C=O) groups is 1. The summed E-state index contributed by atoms with van der Waals surface area (Å²) in [6.45, 7) is 0. The van der Waals surface area contributed by atoms with E-state index in [1.54, 1.807) is 18.2 Å². The number of aliphatic hydroxyl groups excluding tert-OH is 1. The maximum absolute atomic E-state index is 11.4. The molecule has 0 heterocycles. The van der Waals surface area contributed by atoms with Crippen molar-refractivity contribution < 1.29 is 24.1 Å². The van der Waals surface area contributed by atoms with E-state index in [2.05, 4.69) is 4.74 Å². The molecule has 1 saturated carbocycles. The van der Waals surface area contributed by atoms with Crippen LogP contribution in [0.1, 0.15) is 29.6 Å². The van der Waals surface area contributed by atoms with Crippen LogP contribution in [0.3, 0.4) is 0 Å². The molecule has 0 bridgehead atoms. The summed E-state index contributed by atoms with van der Waals surface area (Å²) in [7, 11) is 2.85. The molecular formula is C14H18O5. The van der Waals surface area contributed by atoms with Crippen LogP contribution in [-0.4, -0.2) is 37.5 Å². The molecule has 5 nitrogen and oxygen atoms in total. The summed E-state index contributed by atoms with van der Waals surface area (Å²) in [4.78, 5) is 11.4. The zero-order valence-corrected chi connectivity index (χ0v) is 11.1. The lowest BCUT2D eigenvalue weighted by Gasteiger charge is -2.16. The Hall–Kier alpha value is -1.75. The highest BCUT2D eigenvalue weighted by atomic mass is 16.5. The Morgan fingerprint density at radius 3 is 2.63 bits per heavy atom. The van der Waals surface area contributed by atoms with E-state index in [-0.39, 0.29) is 12.2 Å². The van der Waals surface area contributed by atoms with Crippen molar-refractivity contribution in [3.8, 4) is 11.5 Å². The van der Waals surface area contributed by atoms with Gasteiger partial charge in [-0.1, -0.05) is 0 Å². The van der Waals surface area contributed by atoms with Crippen molar-refractivity contribution in [2.75, 3.05) is 14.2 Å². The van der Waals surface area contributed by atoms with Crippen molar-refractivity contribution in [3.05, 3.63) is 23.8 Å². The first-order chi connectivity index (χ1) is 9.13. The monoisotopic (exact) mass is 266 g/mol. The minimum atomic E-state index is -0.416. The van der Waals surface area contributed by atoms with E-state index in [4.69, 9.17) is 9.47 Å². The van der Waals surface area contributed by atoms with Crippen molar-refractivity contribution in [3.63, 3.8) is 0 Å². The third-order valence-electron chi connectivity index (χ3n) is 3.24. The molecule has 2 rings (SSSR count). The summed E-state index contributed by atoms with van der Waals surface area (Å²) in [5, 5.41) is 9.48. The van der Waals surface area contributed by atoms with Crippen molar-refractivity contribution in [1.29, 1.82) is 0 Å². The summed E-state index contributed by atoms with van der Waals surface area (Å²) in [6.07, 6.45) is 1.91. The van der Waals surface area contributed by atoms with E-state index in [9.17, 15) is 9.90 Å². The number of hydrogen-bond donors (Lipinski definition) is 1. The fourth-order valence-electron chi connectivity index (χ4n) is 2.21. The molecule has 104 valence electrons. The number of methoxy groups -OCH3 is 2. The van der Waals surface area contributed by atoms with Crippen LogP contribution in [0.2, 0.25) is 0 Å². The predicted molar refractivity (Wildman–Crippen MR) is 68.6 cm³/mol. The zero-order valence-electron chi connectivity index (χ0n) is 11.1. The molecule has 2 atom stereocenters. The van der Waals surface area contributed by atoms with Crippen LogP contribution in [-0.2, 0) is 4.74 Å². The van der Waals surface area contributed by atoms with Crippen LogP contribution in [0.5, 0.6) is 11.5 Å². The van der Waals surface area contributed by atoms with Crippen LogP contribution in [0.25, 0.3) is 0 Å². The number of hydrogen-bond acceptors (Lipinski definition) is 5. The molecule has 0 saturated heterocycles. The fourth-order valence-corrected chi connectivity index (χ4v) is 2.21. The summed E-state index contributed by atoms with van der Waals surface area (Å²) < 4.78 is 15.7. The lowest BCUT2D eigenvalue weighted by Crippen LogP contribution is -2.14. The van der Waals surface area contributed by atoms with Gasteiger partial charge in [-0.3, -0.25) is 0 Å². The second-order valence-corrected chi connectivity index (χ2v) is 4.56. The van der Waals surface area contributed by atoms with Crippen molar-refractivity contribution in [2.24, 2.45) is 0 Å². The van der Waals surface area contributed by atoms with Crippen molar-refractivity contribution >= 4 is 5.97 Å². The Bertz CT molecular complexity index is 457. The molecule has 0 radical (unpaired) electrons. The standard InChI is InChI=1S/C14H18O5/c1-17-13-7-9(14(16)18-2)3-6-12(13)19-11-5-4-10(15)8-11/h3,6-7,10-11,15H,4-5,8H2,1-2H3. The van der Waals surface area contributed by atoms with E-state index in [0.717, 1.165) is 12.8 Å². The topological polar surface area (TPSA) is 65.0 Å². The molecule has 19 heavy (non-hydrogen) atoms. The van der Waals surface area contributed by atoms with Gasteiger partial charge in [0.05, 0.1) is 25.9 Å². The highest BCUT2D eigenvalue weighted by Gasteiger charge is 2.25. The minimum absolute atomic E-state index is 0.00660. The summed E-state index contributed by atoms with van der Waals surface area (Å²) in [6, 6.07) is 4.91. The van der Waals surface area contributed by atoms with Gasteiger partial charge in [-0.25, -0.2) is 4.79 Å². The molecule has 1 aliphatic rings. The van der Waals surface area contributed by atoms with Crippen molar-refractivity contribution in [1.82, 2.24) is 0 Å². The minimum Gasteiger partial charge on any atom is -0.493 e. The van der Waals surface area contributed by atoms with E-state index in [0.29, 0.717) is 23.5 Å². The smallest absolute Gasteiger partial charge is 0.337 e. The summed E-state index contributed by atoms with van der Waals surface area (Å²) in [5.41, 5.74) is 0.415. The third-order valence-corrected chi connectivity index (χ3v) is 3.24. The first-order valence-electron chi connectivity index (χ1n) is 6.25. The number of rotatable bonds is 4. The number of ether oxygens (including phenoxy) is 3. The second kappa shape index (κ2) is 5.93. The number of esters is 1. The molecule has 1 aliphatic carbocycles. The van der Waals surface area contributed by atoms with E-state index in [1.807, 2.05) is 0 Å². The highest BCUT2D eigenvalue weighted by molar-refractivity contribution is 5.90. The molecule has 5 heteroatoms. The molecule has 1 aromatic rings. The largest absolute Gasteiger partial charge is 0.493 e. The normalized spacial score (nSPS) is 22.1. The number of aliphatic hydroxyl groups is 1. The molecule has 0 spiro atoms. The van der Waals surface area contributed by atoms with E-state index < -0.39 is 5.97 Å². The molecule has 1 fully saturated rings. The quantitative estimate of drug-likeness (QED) is 0.841. The van der Waals surface area contributed by atoms with Gasteiger partial charge in [-0.15, -0.1) is 0 Å². The molecule has 0 aromatic heterocycles. The number of carbonyl (C=O) groups excluding carboxylic acids is 1.